The summed E-state index contributed by atoms with van der Waals surface area (Å²) in [5.41, 5.74) is 1.05. The number of pyridine rings is 1. The fraction of sp³-hybridized carbons (Fsp3) is 0.333. The third kappa shape index (κ3) is 5.70. The molecule has 1 aromatic heterocycles. The number of hydrogen-bond acceptors (Lipinski definition) is 5. The SMILES string of the molecule is CCOC(=O)c1cn(Cc2ccc(F)cc2)c2ccc(OCCCN(C)C)cc2c1=O. The first-order chi connectivity index (χ1) is 14.9. The summed E-state index contributed by atoms with van der Waals surface area (Å²) in [6.07, 6.45) is 2.35. The number of aromatic nitrogens is 1. The van der Waals surface area contributed by atoms with Gasteiger partial charge in [0.05, 0.1) is 24.1 Å². The van der Waals surface area contributed by atoms with Gasteiger partial charge in [0.1, 0.15) is 17.1 Å². The first-order valence-corrected chi connectivity index (χ1v) is 10.3. The van der Waals surface area contributed by atoms with Crippen molar-refractivity contribution in [1.82, 2.24) is 9.47 Å². The highest BCUT2D eigenvalue weighted by atomic mass is 19.1. The highest BCUT2D eigenvalue weighted by molar-refractivity contribution is 5.94. The molecule has 7 heteroatoms. The first-order valence-electron chi connectivity index (χ1n) is 10.3. The van der Waals surface area contributed by atoms with E-state index in [0.717, 1.165) is 18.5 Å². The molecule has 0 bridgehead atoms. The molecule has 0 N–H and O–H groups in total. The summed E-state index contributed by atoms with van der Waals surface area (Å²) in [6.45, 7) is 3.64. The summed E-state index contributed by atoms with van der Waals surface area (Å²) in [4.78, 5) is 27.5. The monoisotopic (exact) mass is 426 g/mol. The third-order valence-corrected chi connectivity index (χ3v) is 4.83. The summed E-state index contributed by atoms with van der Waals surface area (Å²) in [6, 6.07) is 11.4. The molecule has 6 nitrogen and oxygen atoms in total. The summed E-state index contributed by atoms with van der Waals surface area (Å²) in [5, 5.41) is 0.373. The van der Waals surface area contributed by atoms with Crippen LogP contribution in [0.4, 0.5) is 4.39 Å². The molecule has 0 amide bonds. The fourth-order valence-electron chi connectivity index (χ4n) is 3.31. The Balaban J connectivity index is 2.00. The number of rotatable bonds is 9. The van der Waals surface area contributed by atoms with Crippen molar-refractivity contribution in [2.24, 2.45) is 0 Å². The zero-order chi connectivity index (χ0) is 22.4. The number of fused-ring (bicyclic) bond motifs is 1. The molecule has 0 aliphatic heterocycles. The second-order valence-corrected chi connectivity index (χ2v) is 7.53. The molecule has 0 spiro atoms. The minimum absolute atomic E-state index is 0.0405. The van der Waals surface area contributed by atoms with Crippen LogP contribution in [0.15, 0.2) is 53.5 Å². The second kappa shape index (κ2) is 10.2. The average molecular weight is 426 g/mol. The maximum Gasteiger partial charge on any atom is 0.343 e. The average Bonchev–Trinajstić information content (AvgIpc) is 2.74. The summed E-state index contributed by atoms with van der Waals surface area (Å²) in [7, 11) is 3.99. The van der Waals surface area contributed by atoms with Gasteiger partial charge >= 0.3 is 5.97 Å². The topological polar surface area (TPSA) is 60.8 Å². The van der Waals surface area contributed by atoms with Gasteiger partial charge in [0.25, 0.3) is 0 Å². The molecule has 2 aromatic carbocycles. The van der Waals surface area contributed by atoms with E-state index in [4.69, 9.17) is 9.47 Å². The molecule has 1 heterocycles. The standard InChI is InChI=1S/C24H27FN2O4/c1-4-30-24(29)21-16-27(15-17-6-8-18(25)9-7-17)22-11-10-19(14-20(22)23(21)28)31-13-5-12-26(2)3/h6-11,14,16H,4-5,12-13,15H2,1-3H3. The number of carbonyl (C=O) groups excluding carboxylic acids is 1. The van der Waals surface area contributed by atoms with Gasteiger partial charge < -0.3 is 18.9 Å². The van der Waals surface area contributed by atoms with Gasteiger partial charge in [-0.3, -0.25) is 4.79 Å². The van der Waals surface area contributed by atoms with Crippen molar-refractivity contribution in [3.05, 3.63) is 75.8 Å². The van der Waals surface area contributed by atoms with Crippen molar-refractivity contribution in [2.75, 3.05) is 33.9 Å². The van der Waals surface area contributed by atoms with Crippen LogP contribution in [0.25, 0.3) is 10.9 Å². The summed E-state index contributed by atoms with van der Waals surface area (Å²) < 4.78 is 26.0. The van der Waals surface area contributed by atoms with Crippen LogP contribution in [0, 0.1) is 5.82 Å². The van der Waals surface area contributed by atoms with Crippen LogP contribution in [0.2, 0.25) is 0 Å². The number of hydrogen-bond donors (Lipinski definition) is 0. The molecule has 0 aliphatic rings. The van der Waals surface area contributed by atoms with Crippen molar-refractivity contribution in [2.45, 2.75) is 19.9 Å². The molecule has 0 fully saturated rings. The number of halogens is 1. The van der Waals surface area contributed by atoms with E-state index in [1.165, 1.54) is 18.3 Å². The van der Waals surface area contributed by atoms with Gasteiger partial charge in [-0.1, -0.05) is 12.1 Å². The summed E-state index contributed by atoms with van der Waals surface area (Å²) >= 11 is 0. The Labute approximate surface area is 180 Å². The third-order valence-electron chi connectivity index (χ3n) is 4.83. The van der Waals surface area contributed by atoms with Gasteiger partial charge in [0.15, 0.2) is 0 Å². The Bertz CT molecular complexity index is 1110. The lowest BCUT2D eigenvalue weighted by Gasteiger charge is -2.15. The number of carbonyl (C=O) groups is 1. The quantitative estimate of drug-likeness (QED) is 0.386. The predicted octanol–water partition coefficient (Wildman–Crippen LogP) is 3.70. The van der Waals surface area contributed by atoms with Crippen molar-refractivity contribution in [3.63, 3.8) is 0 Å². The van der Waals surface area contributed by atoms with Crippen molar-refractivity contribution in [3.8, 4) is 5.75 Å². The number of benzene rings is 2. The van der Waals surface area contributed by atoms with Crippen molar-refractivity contribution >= 4 is 16.9 Å². The number of ether oxygens (including phenoxy) is 2. The van der Waals surface area contributed by atoms with E-state index in [1.54, 1.807) is 35.8 Å². The maximum absolute atomic E-state index is 13.3. The van der Waals surface area contributed by atoms with Crippen molar-refractivity contribution in [1.29, 1.82) is 0 Å². The summed E-state index contributed by atoms with van der Waals surface area (Å²) in [5.74, 6) is -0.422. The van der Waals surface area contributed by atoms with Gasteiger partial charge in [-0.15, -0.1) is 0 Å². The molecule has 31 heavy (non-hydrogen) atoms. The van der Waals surface area contributed by atoms with E-state index >= 15 is 0 Å². The van der Waals surface area contributed by atoms with Gasteiger partial charge in [-0.05, 0) is 63.3 Å². The van der Waals surface area contributed by atoms with E-state index in [9.17, 15) is 14.0 Å². The number of esters is 1. The van der Waals surface area contributed by atoms with E-state index in [1.807, 2.05) is 20.2 Å². The van der Waals surface area contributed by atoms with Crippen LogP contribution < -0.4 is 10.2 Å². The van der Waals surface area contributed by atoms with E-state index in [0.29, 0.717) is 29.8 Å². The molecular weight excluding hydrogens is 399 g/mol. The molecule has 0 saturated heterocycles. The largest absolute Gasteiger partial charge is 0.494 e. The Kier molecular flexibility index (Phi) is 7.41. The lowest BCUT2D eigenvalue weighted by molar-refractivity contribution is 0.0524. The predicted molar refractivity (Wildman–Crippen MR) is 118 cm³/mol. The Morgan fingerprint density at radius 3 is 2.55 bits per heavy atom. The fourth-order valence-corrected chi connectivity index (χ4v) is 3.31. The van der Waals surface area contributed by atoms with E-state index < -0.39 is 11.4 Å². The molecule has 0 aliphatic carbocycles. The zero-order valence-corrected chi connectivity index (χ0v) is 18.1. The van der Waals surface area contributed by atoms with E-state index in [-0.39, 0.29) is 18.0 Å². The first kappa shape index (κ1) is 22.5. The maximum atomic E-state index is 13.3. The molecule has 0 saturated carbocycles. The smallest absolute Gasteiger partial charge is 0.343 e. The second-order valence-electron chi connectivity index (χ2n) is 7.53. The molecule has 0 unspecified atom stereocenters. The van der Waals surface area contributed by atoms with Crippen LogP contribution in [0.3, 0.4) is 0 Å². The van der Waals surface area contributed by atoms with Gasteiger partial charge in [-0.2, -0.15) is 0 Å². The number of nitrogens with zero attached hydrogens (tertiary/aromatic N) is 2. The highest BCUT2D eigenvalue weighted by Crippen LogP contribution is 2.21. The minimum atomic E-state index is -0.667. The molecule has 0 atom stereocenters. The normalized spacial score (nSPS) is 11.1. The Morgan fingerprint density at radius 1 is 1.13 bits per heavy atom. The van der Waals surface area contributed by atoms with Crippen LogP contribution in [-0.4, -0.2) is 49.3 Å². The van der Waals surface area contributed by atoms with Gasteiger partial charge in [0.2, 0.25) is 5.43 Å². The van der Waals surface area contributed by atoms with Crippen LogP contribution >= 0.6 is 0 Å². The Hall–Kier alpha value is -3.19. The van der Waals surface area contributed by atoms with Crippen molar-refractivity contribution < 1.29 is 18.7 Å². The minimum Gasteiger partial charge on any atom is -0.494 e. The van der Waals surface area contributed by atoms with Crippen LogP contribution in [0.1, 0.15) is 29.3 Å². The van der Waals surface area contributed by atoms with Crippen LogP contribution in [-0.2, 0) is 11.3 Å². The van der Waals surface area contributed by atoms with Gasteiger partial charge in [-0.25, -0.2) is 9.18 Å². The highest BCUT2D eigenvalue weighted by Gasteiger charge is 2.17. The molecular formula is C24H27FN2O4. The molecule has 164 valence electrons. The Morgan fingerprint density at radius 2 is 1.87 bits per heavy atom. The lowest BCUT2D eigenvalue weighted by atomic mass is 10.1. The van der Waals surface area contributed by atoms with E-state index in [2.05, 4.69) is 4.90 Å². The molecule has 3 aromatic rings. The lowest BCUT2D eigenvalue weighted by Crippen LogP contribution is -2.21. The molecule has 3 rings (SSSR count). The zero-order valence-electron chi connectivity index (χ0n) is 18.1. The molecule has 0 radical (unpaired) electrons. The van der Waals surface area contributed by atoms with Crippen LogP contribution in [0.5, 0.6) is 5.75 Å². The van der Waals surface area contributed by atoms with Gasteiger partial charge in [0, 0.05) is 19.3 Å².